The minimum Gasteiger partial charge on any atom is -0.384 e. The fourth-order valence-corrected chi connectivity index (χ4v) is 2.54. The quantitative estimate of drug-likeness (QED) is 0.893. The lowest BCUT2D eigenvalue weighted by Crippen LogP contribution is -2.19. The molecule has 18 heavy (non-hydrogen) atoms. The number of nitrogens with one attached hydrogen (secondary N) is 1. The fraction of sp³-hybridized carbons (Fsp3) is 0.250. The molecule has 0 spiro atoms. The number of benzene rings is 1. The van der Waals surface area contributed by atoms with Crippen molar-refractivity contribution < 1.29 is 13.2 Å². The Kier molecular flexibility index (Phi) is 3.78. The predicted octanol–water partition coefficient (Wildman–Crippen LogP) is 1.62. The van der Waals surface area contributed by atoms with E-state index >= 15 is 0 Å². The van der Waals surface area contributed by atoms with Crippen molar-refractivity contribution in [2.75, 3.05) is 24.2 Å². The lowest BCUT2D eigenvalue weighted by molar-refractivity contribution is 0.217. The number of rotatable bonds is 5. The zero-order valence-electron chi connectivity index (χ0n) is 9.96. The highest BCUT2D eigenvalue weighted by molar-refractivity contribution is 7.92. The first kappa shape index (κ1) is 12.8. The number of nitrogens with zero attached hydrogens (tertiary/aromatic N) is 1. The first-order valence-corrected chi connectivity index (χ1v) is 7.10. The molecule has 5 nitrogen and oxygen atoms in total. The number of fused-ring (bicyclic) bond motifs is 1. The molecule has 0 saturated carbocycles. The second-order valence-corrected chi connectivity index (χ2v) is 5.67. The second-order valence-electron chi connectivity index (χ2n) is 3.82. The van der Waals surface area contributed by atoms with E-state index in [0.717, 1.165) is 10.9 Å². The van der Waals surface area contributed by atoms with E-state index in [2.05, 4.69) is 9.71 Å². The average molecular weight is 266 g/mol. The molecule has 0 aliphatic heterocycles. The highest BCUT2D eigenvalue weighted by Gasteiger charge is 2.10. The van der Waals surface area contributed by atoms with Crippen LogP contribution in [0.2, 0.25) is 0 Å². The number of hydrogen-bond acceptors (Lipinski definition) is 4. The van der Waals surface area contributed by atoms with Gasteiger partial charge in [0.05, 0.1) is 17.9 Å². The molecule has 1 heterocycles. The van der Waals surface area contributed by atoms with Gasteiger partial charge in [0.2, 0.25) is 10.0 Å². The summed E-state index contributed by atoms with van der Waals surface area (Å²) in [6.45, 7) is 0.171. The Labute approximate surface area is 106 Å². The SMILES string of the molecule is COCCS(=O)(=O)Nc1ccc2ncccc2c1. The van der Waals surface area contributed by atoms with Crippen LogP contribution in [0.15, 0.2) is 36.5 Å². The molecular weight excluding hydrogens is 252 g/mol. The topological polar surface area (TPSA) is 68.3 Å². The molecule has 0 bridgehead atoms. The van der Waals surface area contributed by atoms with Crippen molar-refractivity contribution in [1.82, 2.24) is 4.98 Å². The monoisotopic (exact) mass is 266 g/mol. The van der Waals surface area contributed by atoms with Crippen molar-refractivity contribution in [3.8, 4) is 0 Å². The predicted molar refractivity (Wildman–Crippen MR) is 71.0 cm³/mol. The summed E-state index contributed by atoms with van der Waals surface area (Å²) in [7, 11) is -1.89. The van der Waals surface area contributed by atoms with Crippen LogP contribution in [0.25, 0.3) is 10.9 Å². The fourth-order valence-electron chi connectivity index (χ4n) is 1.56. The summed E-state index contributed by atoms with van der Waals surface area (Å²) < 4.78 is 30.6. The molecule has 0 atom stereocenters. The Hall–Kier alpha value is -1.66. The van der Waals surface area contributed by atoms with Gasteiger partial charge in [-0.2, -0.15) is 0 Å². The Morgan fingerprint density at radius 2 is 2.17 bits per heavy atom. The van der Waals surface area contributed by atoms with Gasteiger partial charge < -0.3 is 4.74 Å². The van der Waals surface area contributed by atoms with Crippen molar-refractivity contribution in [1.29, 1.82) is 0 Å². The molecule has 0 amide bonds. The number of anilines is 1. The minimum absolute atomic E-state index is 0.0609. The van der Waals surface area contributed by atoms with E-state index < -0.39 is 10.0 Å². The molecule has 6 heteroatoms. The number of pyridine rings is 1. The maximum atomic E-state index is 11.7. The second kappa shape index (κ2) is 5.32. The Balaban J connectivity index is 2.22. The molecule has 0 radical (unpaired) electrons. The number of hydrogen-bond donors (Lipinski definition) is 1. The summed E-state index contributed by atoms with van der Waals surface area (Å²) in [4.78, 5) is 4.17. The third-order valence-electron chi connectivity index (χ3n) is 2.43. The highest BCUT2D eigenvalue weighted by atomic mass is 32.2. The molecule has 2 rings (SSSR count). The van der Waals surface area contributed by atoms with E-state index in [4.69, 9.17) is 4.74 Å². The molecule has 0 unspecified atom stereocenters. The van der Waals surface area contributed by atoms with E-state index in [1.807, 2.05) is 12.1 Å². The van der Waals surface area contributed by atoms with Gasteiger partial charge in [-0.3, -0.25) is 9.71 Å². The molecule has 1 N–H and O–H groups in total. The molecule has 0 saturated heterocycles. The number of ether oxygens (including phenoxy) is 1. The summed E-state index contributed by atoms with van der Waals surface area (Å²) in [5, 5.41) is 0.893. The van der Waals surface area contributed by atoms with Crippen molar-refractivity contribution >= 4 is 26.6 Å². The summed E-state index contributed by atoms with van der Waals surface area (Å²) >= 11 is 0. The molecule has 1 aromatic heterocycles. The minimum atomic E-state index is -3.36. The van der Waals surface area contributed by atoms with Gasteiger partial charge in [-0.05, 0) is 24.3 Å². The van der Waals surface area contributed by atoms with Crippen LogP contribution in [-0.4, -0.2) is 32.9 Å². The van der Waals surface area contributed by atoms with Crippen LogP contribution in [0.4, 0.5) is 5.69 Å². The Bertz CT molecular complexity index is 641. The van der Waals surface area contributed by atoms with Crippen molar-refractivity contribution in [2.45, 2.75) is 0 Å². The molecule has 2 aromatic rings. The first-order valence-electron chi connectivity index (χ1n) is 5.45. The number of aromatic nitrogens is 1. The van der Waals surface area contributed by atoms with E-state index in [0.29, 0.717) is 5.69 Å². The van der Waals surface area contributed by atoms with Crippen LogP contribution < -0.4 is 4.72 Å². The number of sulfonamides is 1. The third-order valence-corrected chi connectivity index (χ3v) is 3.68. The van der Waals surface area contributed by atoms with Gasteiger partial charge in [0.25, 0.3) is 0 Å². The van der Waals surface area contributed by atoms with Crippen LogP contribution in [0.3, 0.4) is 0 Å². The van der Waals surface area contributed by atoms with E-state index in [1.54, 1.807) is 24.4 Å². The lowest BCUT2D eigenvalue weighted by atomic mass is 10.2. The summed E-state index contributed by atoms with van der Waals surface area (Å²) in [5.74, 6) is -0.0609. The lowest BCUT2D eigenvalue weighted by Gasteiger charge is -2.08. The highest BCUT2D eigenvalue weighted by Crippen LogP contribution is 2.17. The molecule has 0 aliphatic carbocycles. The van der Waals surface area contributed by atoms with Crippen LogP contribution in [0, 0.1) is 0 Å². The normalized spacial score (nSPS) is 11.6. The summed E-state index contributed by atoms with van der Waals surface area (Å²) in [6, 6.07) is 8.93. The van der Waals surface area contributed by atoms with Crippen LogP contribution in [-0.2, 0) is 14.8 Å². The van der Waals surface area contributed by atoms with E-state index in [9.17, 15) is 8.42 Å². The number of methoxy groups -OCH3 is 1. The molecular formula is C12H14N2O3S. The largest absolute Gasteiger partial charge is 0.384 e. The van der Waals surface area contributed by atoms with E-state index in [-0.39, 0.29) is 12.4 Å². The summed E-state index contributed by atoms with van der Waals surface area (Å²) in [6.07, 6.45) is 1.70. The van der Waals surface area contributed by atoms with Crippen LogP contribution in [0.5, 0.6) is 0 Å². The maximum absolute atomic E-state index is 11.7. The van der Waals surface area contributed by atoms with Gasteiger partial charge in [-0.25, -0.2) is 8.42 Å². The van der Waals surface area contributed by atoms with Gasteiger partial charge in [0, 0.05) is 24.4 Å². The van der Waals surface area contributed by atoms with Gasteiger partial charge in [-0.1, -0.05) is 6.07 Å². The molecule has 1 aromatic carbocycles. The smallest absolute Gasteiger partial charge is 0.234 e. The standard InChI is InChI=1S/C12H14N2O3S/c1-17-7-8-18(15,16)14-11-4-5-12-10(9-11)3-2-6-13-12/h2-6,9,14H,7-8H2,1H3. The van der Waals surface area contributed by atoms with Gasteiger partial charge in [0.1, 0.15) is 0 Å². The van der Waals surface area contributed by atoms with Gasteiger partial charge >= 0.3 is 0 Å². The van der Waals surface area contributed by atoms with Gasteiger partial charge in [0.15, 0.2) is 0 Å². The first-order chi connectivity index (χ1) is 8.61. The van der Waals surface area contributed by atoms with Crippen molar-refractivity contribution in [3.05, 3.63) is 36.5 Å². The third kappa shape index (κ3) is 3.18. The van der Waals surface area contributed by atoms with Crippen molar-refractivity contribution in [2.24, 2.45) is 0 Å². The maximum Gasteiger partial charge on any atom is 0.234 e. The Morgan fingerprint density at radius 1 is 1.33 bits per heavy atom. The molecule has 0 fully saturated rings. The van der Waals surface area contributed by atoms with Crippen LogP contribution in [0.1, 0.15) is 0 Å². The van der Waals surface area contributed by atoms with E-state index in [1.165, 1.54) is 7.11 Å². The summed E-state index contributed by atoms with van der Waals surface area (Å²) in [5.41, 5.74) is 1.36. The Morgan fingerprint density at radius 3 is 2.94 bits per heavy atom. The average Bonchev–Trinajstić information content (AvgIpc) is 2.36. The van der Waals surface area contributed by atoms with Crippen LogP contribution >= 0.6 is 0 Å². The van der Waals surface area contributed by atoms with Crippen molar-refractivity contribution in [3.63, 3.8) is 0 Å². The molecule has 96 valence electrons. The zero-order chi connectivity index (χ0) is 13.0. The zero-order valence-corrected chi connectivity index (χ0v) is 10.8. The molecule has 0 aliphatic rings. The van der Waals surface area contributed by atoms with Gasteiger partial charge in [-0.15, -0.1) is 0 Å².